The highest BCUT2D eigenvalue weighted by Crippen LogP contribution is 2.33. The van der Waals surface area contributed by atoms with Crippen molar-refractivity contribution in [3.05, 3.63) is 75.2 Å². The Kier molecular flexibility index (Phi) is 5.96. The van der Waals surface area contributed by atoms with E-state index in [0.29, 0.717) is 0 Å². The number of hydrazone groups is 1. The van der Waals surface area contributed by atoms with Crippen molar-refractivity contribution < 1.29 is 9.59 Å². The van der Waals surface area contributed by atoms with Gasteiger partial charge in [-0.3, -0.25) is 9.59 Å². The summed E-state index contributed by atoms with van der Waals surface area (Å²) in [6, 6.07) is 16.3. The van der Waals surface area contributed by atoms with Crippen LogP contribution < -0.4 is 10.7 Å². The van der Waals surface area contributed by atoms with Gasteiger partial charge in [0.15, 0.2) is 0 Å². The fraction of sp³-hybridized carbons (Fsp3) is 0. The highest BCUT2D eigenvalue weighted by atomic mass is 35.5. The molecule has 0 aliphatic carbocycles. The van der Waals surface area contributed by atoms with Crippen molar-refractivity contribution in [1.29, 1.82) is 0 Å². The predicted molar refractivity (Wildman–Crippen MR) is 110 cm³/mol. The van der Waals surface area contributed by atoms with Crippen LogP contribution in [-0.4, -0.2) is 18.0 Å². The van der Waals surface area contributed by atoms with E-state index in [1.165, 1.54) is 18.3 Å². The molecule has 0 saturated carbocycles. The van der Waals surface area contributed by atoms with Crippen molar-refractivity contribution in [2.24, 2.45) is 5.10 Å². The average molecular weight is 421 g/mol. The summed E-state index contributed by atoms with van der Waals surface area (Å²) in [4.78, 5) is 23.9. The Morgan fingerprint density at radius 1 is 0.889 bits per heavy atom. The van der Waals surface area contributed by atoms with Crippen LogP contribution in [0.4, 0.5) is 5.69 Å². The molecule has 3 aromatic carbocycles. The Bertz CT molecular complexity index is 1040. The van der Waals surface area contributed by atoms with Crippen molar-refractivity contribution in [2.75, 3.05) is 5.32 Å². The van der Waals surface area contributed by atoms with E-state index >= 15 is 0 Å². The number of hydrogen-bond donors (Lipinski definition) is 2. The molecule has 3 aromatic rings. The lowest BCUT2D eigenvalue weighted by atomic mass is 10.1. The summed E-state index contributed by atoms with van der Waals surface area (Å²) in [5.74, 6) is -1.85. The monoisotopic (exact) mass is 419 g/mol. The highest BCUT2D eigenvalue weighted by Gasteiger charge is 2.15. The van der Waals surface area contributed by atoms with Crippen LogP contribution in [0.5, 0.6) is 0 Å². The molecule has 2 amide bonds. The van der Waals surface area contributed by atoms with Crippen molar-refractivity contribution >= 4 is 69.3 Å². The third-order valence-corrected chi connectivity index (χ3v) is 4.84. The first-order valence-corrected chi connectivity index (χ1v) is 8.86. The number of anilines is 1. The van der Waals surface area contributed by atoms with Crippen LogP contribution in [0.2, 0.25) is 15.1 Å². The number of carbonyl (C=O) groups excluding carboxylic acids is 2. The Hall–Kier alpha value is -2.60. The van der Waals surface area contributed by atoms with Gasteiger partial charge in [-0.2, -0.15) is 5.10 Å². The standard InChI is InChI=1S/C19H12Cl3N3O2/c20-15-8-13(9-16(21)17(15)22)24-18(26)19(27)25-23-10-12-6-3-5-11-4-1-2-7-14(11)12/h1-10H,(H,24,26)(H,25,27). The number of nitrogens with zero attached hydrogens (tertiary/aromatic N) is 1. The third kappa shape index (κ3) is 4.57. The molecular formula is C19H12Cl3N3O2. The van der Waals surface area contributed by atoms with E-state index in [-0.39, 0.29) is 20.8 Å². The molecule has 2 N–H and O–H groups in total. The maximum atomic E-state index is 12.0. The zero-order chi connectivity index (χ0) is 19.4. The Morgan fingerprint density at radius 2 is 1.56 bits per heavy atom. The molecule has 0 atom stereocenters. The van der Waals surface area contributed by atoms with E-state index in [1.807, 2.05) is 42.5 Å². The molecule has 3 rings (SSSR count). The van der Waals surface area contributed by atoms with Gasteiger partial charge in [-0.05, 0) is 22.9 Å². The summed E-state index contributed by atoms with van der Waals surface area (Å²) in [5.41, 5.74) is 3.24. The molecule has 0 heterocycles. The van der Waals surface area contributed by atoms with Crippen LogP contribution >= 0.6 is 34.8 Å². The van der Waals surface area contributed by atoms with Crippen LogP contribution in [-0.2, 0) is 9.59 Å². The van der Waals surface area contributed by atoms with E-state index in [4.69, 9.17) is 34.8 Å². The van der Waals surface area contributed by atoms with E-state index in [0.717, 1.165) is 16.3 Å². The summed E-state index contributed by atoms with van der Waals surface area (Å²) in [7, 11) is 0. The van der Waals surface area contributed by atoms with Gasteiger partial charge in [0.05, 0.1) is 21.3 Å². The smallest absolute Gasteiger partial charge is 0.318 e. The second kappa shape index (κ2) is 8.39. The lowest BCUT2D eigenvalue weighted by Crippen LogP contribution is -2.32. The number of benzene rings is 3. The van der Waals surface area contributed by atoms with E-state index in [9.17, 15) is 9.59 Å². The lowest BCUT2D eigenvalue weighted by molar-refractivity contribution is -0.136. The summed E-state index contributed by atoms with van der Waals surface area (Å²) in [5, 5.41) is 8.73. The van der Waals surface area contributed by atoms with Crippen LogP contribution in [0.1, 0.15) is 5.56 Å². The molecule has 0 radical (unpaired) electrons. The lowest BCUT2D eigenvalue weighted by Gasteiger charge is -2.07. The van der Waals surface area contributed by atoms with Gasteiger partial charge >= 0.3 is 11.8 Å². The number of rotatable bonds is 3. The number of fused-ring (bicyclic) bond motifs is 1. The normalized spacial score (nSPS) is 10.9. The fourth-order valence-corrected chi connectivity index (χ4v) is 2.99. The maximum Gasteiger partial charge on any atom is 0.329 e. The first-order valence-electron chi connectivity index (χ1n) is 7.72. The fourth-order valence-electron chi connectivity index (χ4n) is 2.39. The van der Waals surface area contributed by atoms with Gasteiger partial charge in [-0.15, -0.1) is 0 Å². The van der Waals surface area contributed by atoms with Crippen molar-refractivity contribution in [3.63, 3.8) is 0 Å². The van der Waals surface area contributed by atoms with Crippen LogP contribution in [0, 0.1) is 0 Å². The molecule has 27 heavy (non-hydrogen) atoms. The van der Waals surface area contributed by atoms with Crippen molar-refractivity contribution in [3.8, 4) is 0 Å². The van der Waals surface area contributed by atoms with Crippen LogP contribution in [0.3, 0.4) is 0 Å². The summed E-state index contributed by atoms with van der Waals surface area (Å²) in [6.45, 7) is 0. The molecular weight excluding hydrogens is 409 g/mol. The topological polar surface area (TPSA) is 70.6 Å². The van der Waals surface area contributed by atoms with Crippen molar-refractivity contribution in [2.45, 2.75) is 0 Å². The molecule has 0 spiro atoms. The van der Waals surface area contributed by atoms with Gasteiger partial charge in [0.2, 0.25) is 0 Å². The van der Waals surface area contributed by atoms with Gasteiger partial charge in [-0.25, -0.2) is 5.43 Å². The number of halogens is 3. The molecule has 0 aliphatic rings. The largest absolute Gasteiger partial charge is 0.329 e. The van der Waals surface area contributed by atoms with Crippen LogP contribution in [0.15, 0.2) is 59.7 Å². The molecule has 0 saturated heterocycles. The minimum atomic E-state index is -0.936. The minimum absolute atomic E-state index is 0.161. The zero-order valence-corrected chi connectivity index (χ0v) is 15.9. The molecule has 0 aromatic heterocycles. The summed E-state index contributed by atoms with van der Waals surface area (Å²) < 4.78 is 0. The van der Waals surface area contributed by atoms with E-state index < -0.39 is 11.8 Å². The van der Waals surface area contributed by atoms with Gasteiger partial charge in [0.25, 0.3) is 0 Å². The SMILES string of the molecule is O=C(NN=Cc1cccc2ccccc12)C(=O)Nc1cc(Cl)c(Cl)c(Cl)c1. The van der Waals surface area contributed by atoms with E-state index in [1.54, 1.807) is 0 Å². The third-order valence-electron chi connectivity index (χ3n) is 3.64. The van der Waals surface area contributed by atoms with Gasteiger partial charge in [0, 0.05) is 11.3 Å². The summed E-state index contributed by atoms with van der Waals surface area (Å²) in [6.07, 6.45) is 1.48. The summed E-state index contributed by atoms with van der Waals surface area (Å²) >= 11 is 17.6. The van der Waals surface area contributed by atoms with Gasteiger partial charge < -0.3 is 5.32 Å². The average Bonchev–Trinajstić information content (AvgIpc) is 2.66. The zero-order valence-electron chi connectivity index (χ0n) is 13.7. The number of carbonyl (C=O) groups is 2. The first-order chi connectivity index (χ1) is 13.0. The second-order valence-corrected chi connectivity index (χ2v) is 6.67. The van der Waals surface area contributed by atoms with Gasteiger partial charge in [-0.1, -0.05) is 77.3 Å². The van der Waals surface area contributed by atoms with Crippen LogP contribution in [0.25, 0.3) is 10.8 Å². The Balaban J connectivity index is 1.66. The molecule has 5 nitrogen and oxygen atoms in total. The molecule has 8 heteroatoms. The number of amides is 2. The quantitative estimate of drug-likeness (QED) is 0.274. The Labute approximate surface area is 169 Å². The highest BCUT2D eigenvalue weighted by molar-refractivity contribution is 6.48. The molecule has 0 aliphatic heterocycles. The second-order valence-electron chi connectivity index (χ2n) is 5.48. The molecule has 0 bridgehead atoms. The first kappa shape index (κ1) is 19.2. The Morgan fingerprint density at radius 3 is 2.30 bits per heavy atom. The predicted octanol–water partition coefficient (Wildman–Crippen LogP) is 4.89. The van der Waals surface area contributed by atoms with Crippen molar-refractivity contribution in [1.82, 2.24) is 5.43 Å². The number of hydrogen-bond acceptors (Lipinski definition) is 3. The number of nitrogens with one attached hydrogen (secondary N) is 2. The molecule has 136 valence electrons. The minimum Gasteiger partial charge on any atom is -0.318 e. The molecule has 0 fully saturated rings. The van der Waals surface area contributed by atoms with Gasteiger partial charge in [0.1, 0.15) is 0 Å². The molecule has 0 unspecified atom stereocenters. The van der Waals surface area contributed by atoms with E-state index in [2.05, 4.69) is 15.8 Å². The maximum absolute atomic E-state index is 12.0.